The van der Waals surface area contributed by atoms with Gasteiger partial charge in [-0.15, -0.1) is 0 Å². The zero-order valence-corrected chi connectivity index (χ0v) is 9.91. The van der Waals surface area contributed by atoms with Crippen LogP contribution in [0.2, 0.25) is 10.0 Å². The van der Waals surface area contributed by atoms with Crippen molar-refractivity contribution < 1.29 is 0 Å². The van der Waals surface area contributed by atoms with E-state index in [1.165, 1.54) is 6.33 Å². The first-order valence-electron chi connectivity index (χ1n) is 4.62. The normalized spacial score (nSPS) is 10.4. The average Bonchev–Trinajstić information content (AvgIpc) is 2.74. The van der Waals surface area contributed by atoms with E-state index in [2.05, 4.69) is 16.7 Å². The zero-order valence-electron chi connectivity index (χ0n) is 8.40. The fourth-order valence-electron chi connectivity index (χ4n) is 1.36. The van der Waals surface area contributed by atoms with Crippen LogP contribution in [0.4, 0.5) is 0 Å². The molecule has 0 unspecified atom stereocenters. The van der Waals surface area contributed by atoms with E-state index in [4.69, 9.17) is 23.2 Å². The first-order chi connectivity index (χ1) is 7.66. The van der Waals surface area contributed by atoms with Gasteiger partial charge in [0.05, 0.1) is 6.54 Å². The number of halogens is 2. The first-order valence-corrected chi connectivity index (χ1v) is 5.38. The molecule has 1 aromatic heterocycles. The molecule has 16 heavy (non-hydrogen) atoms. The van der Waals surface area contributed by atoms with E-state index in [1.807, 2.05) is 0 Å². The smallest absolute Gasteiger partial charge is 0.137 e. The molecule has 0 bridgehead atoms. The van der Waals surface area contributed by atoms with Crippen LogP contribution in [-0.4, -0.2) is 14.8 Å². The van der Waals surface area contributed by atoms with E-state index < -0.39 is 0 Å². The Morgan fingerprint density at radius 2 is 2.19 bits per heavy atom. The Hall–Kier alpha value is -1.32. The molecule has 0 saturated carbocycles. The summed E-state index contributed by atoms with van der Waals surface area (Å²) in [4.78, 5) is 3.86. The fourth-order valence-corrected chi connectivity index (χ4v) is 1.79. The van der Waals surface area contributed by atoms with E-state index in [0.717, 1.165) is 11.1 Å². The molecule has 0 amide bonds. The van der Waals surface area contributed by atoms with Crippen LogP contribution < -0.4 is 0 Å². The maximum absolute atomic E-state index is 6.07. The molecule has 0 fully saturated rings. The van der Waals surface area contributed by atoms with Gasteiger partial charge in [0.1, 0.15) is 12.7 Å². The Morgan fingerprint density at radius 1 is 1.38 bits per heavy atom. The number of nitrogens with zero attached hydrogens (tertiary/aromatic N) is 3. The Kier molecular flexibility index (Phi) is 3.27. The molecule has 82 valence electrons. The van der Waals surface area contributed by atoms with E-state index in [-0.39, 0.29) is 0 Å². The first kappa shape index (κ1) is 11.2. The SMILES string of the molecule is C=C(Cn1cncn1)c1cc(Cl)ccc1Cl. The largest absolute Gasteiger partial charge is 0.249 e. The third-order valence-corrected chi connectivity index (χ3v) is 2.69. The van der Waals surface area contributed by atoms with Crippen molar-refractivity contribution in [3.8, 4) is 0 Å². The van der Waals surface area contributed by atoms with Gasteiger partial charge in [-0.3, -0.25) is 0 Å². The van der Waals surface area contributed by atoms with Crippen LogP contribution in [0.25, 0.3) is 5.57 Å². The molecule has 1 heterocycles. The van der Waals surface area contributed by atoms with Crippen molar-refractivity contribution in [3.63, 3.8) is 0 Å². The van der Waals surface area contributed by atoms with Crippen molar-refractivity contribution >= 4 is 28.8 Å². The van der Waals surface area contributed by atoms with Crippen LogP contribution >= 0.6 is 23.2 Å². The second kappa shape index (κ2) is 4.68. The Labute approximate surface area is 103 Å². The minimum absolute atomic E-state index is 0.542. The van der Waals surface area contributed by atoms with Crippen LogP contribution in [0.3, 0.4) is 0 Å². The maximum atomic E-state index is 6.07. The molecule has 2 aromatic rings. The molecule has 0 saturated heterocycles. The summed E-state index contributed by atoms with van der Waals surface area (Å²) in [7, 11) is 0. The highest BCUT2D eigenvalue weighted by atomic mass is 35.5. The number of hydrogen-bond acceptors (Lipinski definition) is 2. The maximum Gasteiger partial charge on any atom is 0.137 e. The van der Waals surface area contributed by atoms with Gasteiger partial charge in [0.2, 0.25) is 0 Å². The van der Waals surface area contributed by atoms with Gasteiger partial charge in [-0.25, -0.2) is 9.67 Å². The number of benzene rings is 1. The van der Waals surface area contributed by atoms with Gasteiger partial charge in [0, 0.05) is 10.0 Å². The third-order valence-electron chi connectivity index (χ3n) is 2.13. The lowest BCUT2D eigenvalue weighted by Crippen LogP contribution is -2.00. The van der Waals surface area contributed by atoms with Gasteiger partial charge in [0.25, 0.3) is 0 Å². The number of allylic oxidation sites excluding steroid dienone is 1. The highest BCUT2D eigenvalue weighted by Crippen LogP contribution is 2.26. The van der Waals surface area contributed by atoms with E-state index in [9.17, 15) is 0 Å². The lowest BCUT2D eigenvalue weighted by Gasteiger charge is -2.08. The highest BCUT2D eigenvalue weighted by Gasteiger charge is 2.06. The van der Waals surface area contributed by atoms with Crippen molar-refractivity contribution in [2.45, 2.75) is 6.54 Å². The van der Waals surface area contributed by atoms with Gasteiger partial charge in [-0.1, -0.05) is 29.8 Å². The lowest BCUT2D eigenvalue weighted by atomic mass is 10.1. The van der Waals surface area contributed by atoms with Gasteiger partial charge in [-0.05, 0) is 29.3 Å². The van der Waals surface area contributed by atoms with Crippen molar-refractivity contribution in [2.75, 3.05) is 0 Å². The summed E-state index contributed by atoms with van der Waals surface area (Å²) < 4.78 is 1.68. The number of hydrogen-bond donors (Lipinski definition) is 0. The Bertz CT molecular complexity index is 506. The van der Waals surface area contributed by atoms with E-state index >= 15 is 0 Å². The summed E-state index contributed by atoms with van der Waals surface area (Å²) in [6.45, 7) is 4.51. The van der Waals surface area contributed by atoms with Crippen molar-refractivity contribution in [1.82, 2.24) is 14.8 Å². The van der Waals surface area contributed by atoms with Crippen LogP contribution in [0.15, 0.2) is 37.4 Å². The van der Waals surface area contributed by atoms with Crippen molar-refractivity contribution in [3.05, 3.63) is 53.0 Å². The molecule has 0 aliphatic rings. The molecule has 0 aliphatic heterocycles. The molecule has 0 aliphatic carbocycles. The molecule has 0 N–H and O–H groups in total. The van der Waals surface area contributed by atoms with Crippen molar-refractivity contribution in [1.29, 1.82) is 0 Å². The molecule has 0 atom stereocenters. The van der Waals surface area contributed by atoms with Gasteiger partial charge in [-0.2, -0.15) is 5.10 Å². The molecule has 2 rings (SSSR count). The summed E-state index contributed by atoms with van der Waals surface area (Å²) in [5.41, 5.74) is 1.68. The molecule has 5 heteroatoms. The predicted molar refractivity (Wildman–Crippen MR) is 65.5 cm³/mol. The fraction of sp³-hybridized carbons (Fsp3) is 0.0909. The molecule has 0 spiro atoms. The predicted octanol–water partition coefficient (Wildman–Crippen LogP) is 3.30. The summed E-state index contributed by atoms with van der Waals surface area (Å²) in [5.74, 6) is 0. The monoisotopic (exact) mass is 253 g/mol. The van der Waals surface area contributed by atoms with Crippen LogP contribution in [0, 0.1) is 0 Å². The van der Waals surface area contributed by atoms with Crippen LogP contribution in [0.5, 0.6) is 0 Å². The molecule has 3 nitrogen and oxygen atoms in total. The van der Waals surface area contributed by atoms with Crippen LogP contribution in [0.1, 0.15) is 5.56 Å². The number of aromatic nitrogens is 3. The summed E-state index contributed by atoms with van der Waals surface area (Å²) >= 11 is 12.0. The summed E-state index contributed by atoms with van der Waals surface area (Å²) in [6, 6.07) is 5.30. The van der Waals surface area contributed by atoms with Crippen molar-refractivity contribution in [2.24, 2.45) is 0 Å². The summed E-state index contributed by atoms with van der Waals surface area (Å²) in [5, 5.41) is 5.27. The molecular formula is C11H9Cl2N3. The third kappa shape index (κ3) is 2.43. The average molecular weight is 254 g/mol. The van der Waals surface area contributed by atoms with Crippen LogP contribution in [-0.2, 0) is 6.54 Å². The van der Waals surface area contributed by atoms with E-state index in [0.29, 0.717) is 16.6 Å². The topological polar surface area (TPSA) is 30.7 Å². The van der Waals surface area contributed by atoms with Gasteiger partial charge < -0.3 is 0 Å². The second-order valence-corrected chi connectivity index (χ2v) is 4.16. The number of rotatable bonds is 3. The van der Waals surface area contributed by atoms with Gasteiger partial charge in [0.15, 0.2) is 0 Å². The Balaban J connectivity index is 2.24. The minimum Gasteiger partial charge on any atom is -0.249 e. The Morgan fingerprint density at radius 3 is 2.88 bits per heavy atom. The lowest BCUT2D eigenvalue weighted by molar-refractivity contribution is 0.711. The molecule has 1 aromatic carbocycles. The minimum atomic E-state index is 0.542. The van der Waals surface area contributed by atoms with Gasteiger partial charge >= 0.3 is 0 Å². The zero-order chi connectivity index (χ0) is 11.5. The quantitative estimate of drug-likeness (QED) is 0.841. The highest BCUT2D eigenvalue weighted by molar-refractivity contribution is 6.34. The standard InChI is InChI=1S/C11H9Cl2N3/c1-8(5-16-7-14-6-15-16)10-4-9(12)2-3-11(10)13/h2-4,6-7H,1,5H2. The van der Waals surface area contributed by atoms with E-state index in [1.54, 1.807) is 29.2 Å². The summed E-state index contributed by atoms with van der Waals surface area (Å²) in [6.07, 6.45) is 3.11. The molecule has 0 radical (unpaired) electrons. The molecular weight excluding hydrogens is 245 g/mol. The second-order valence-electron chi connectivity index (χ2n) is 3.32.